The predicted molar refractivity (Wildman–Crippen MR) is 87.8 cm³/mol. The largest absolute Gasteiger partial charge is 0.497 e. The van der Waals surface area contributed by atoms with E-state index in [4.69, 9.17) is 14.7 Å². The summed E-state index contributed by atoms with van der Waals surface area (Å²) in [5, 5.41) is 14.6. The summed E-state index contributed by atoms with van der Waals surface area (Å²) in [4.78, 5) is 12.0. The summed E-state index contributed by atoms with van der Waals surface area (Å²) in [6.45, 7) is 0.0778. The molecule has 0 heterocycles. The van der Waals surface area contributed by atoms with Crippen LogP contribution < -0.4 is 20.1 Å². The summed E-state index contributed by atoms with van der Waals surface area (Å²) in [6, 6.07) is 14.1. The van der Waals surface area contributed by atoms with Crippen molar-refractivity contribution in [2.75, 3.05) is 31.4 Å². The number of hydrogen-bond donors (Lipinski definition) is 2. The Labute approximate surface area is 134 Å². The van der Waals surface area contributed by atoms with Crippen LogP contribution in [0.15, 0.2) is 42.5 Å². The van der Waals surface area contributed by atoms with Crippen LogP contribution in [0.5, 0.6) is 11.5 Å². The van der Waals surface area contributed by atoms with Crippen molar-refractivity contribution in [3.8, 4) is 17.6 Å². The summed E-state index contributed by atoms with van der Waals surface area (Å²) in [5.41, 5.74) is 1.83. The maximum atomic E-state index is 12.0. The lowest BCUT2D eigenvalue weighted by atomic mass is 10.2. The molecule has 2 aromatic rings. The van der Waals surface area contributed by atoms with Gasteiger partial charge in [0.15, 0.2) is 0 Å². The maximum absolute atomic E-state index is 12.0. The molecule has 0 spiro atoms. The average molecular weight is 311 g/mol. The number of anilines is 2. The molecule has 1 amide bonds. The monoisotopic (exact) mass is 311 g/mol. The summed E-state index contributed by atoms with van der Waals surface area (Å²) in [5.74, 6) is 0.964. The molecule has 118 valence electrons. The van der Waals surface area contributed by atoms with Gasteiger partial charge >= 0.3 is 0 Å². The molecular weight excluding hydrogens is 294 g/mol. The number of hydrogen-bond acceptors (Lipinski definition) is 5. The molecule has 0 saturated carbocycles. The van der Waals surface area contributed by atoms with Gasteiger partial charge in [-0.05, 0) is 18.2 Å². The molecule has 0 fully saturated rings. The first-order valence-corrected chi connectivity index (χ1v) is 6.91. The molecule has 0 aliphatic heterocycles. The normalized spacial score (nSPS) is 9.61. The molecule has 0 bridgehead atoms. The van der Waals surface area contributed by atoms with Crippen LogP contribution in [0, 0.1) is 11.3 Å². The smallest absolute Gasteiger partial charge is 0.243 e. The quantitative estimate of drug-likeness (QED) is 0.857. The molecule has 0 aliphatic rings. The maximum Gasteiger partial charge on any atom is 0.243 e. The van der Waals surface area contributed by atoms with Gasteiger partial charge in [0.05, 0.1) is 32.4 Å². The number of nitrogens with one attached hydrogen (secondary N) is 2. The van der Waals surface area contributed by atoms with Gasteiger partial charge in [0.25, 0.3) is 0 Å². The summed E-state index contributed by atoms with van der Waals surface area (Å²) in [6.07, 6.45) is 0. The van der Waals surface area contributed by atoms with E-state index in [0.29, 0.717) is 28.4 Å². The molecule has 0 atom stereocenters. The summed E-state index contributed by atoms with van der Waals surface area (Å²) in [7, 11) is 3.09. The van der Waals surface area contributed by atoms with E-state index in [1.165, 1.54) is 0 Å². The van der Waals surface area contributed by atoms with Crippen LogP contribution in [0.3, 0.4) is 0 Å². The fraction of sp³-hybridized carbons (Fsp3) is 0.176. The van der Waals surface area contributed by atoms with Gasteiger partial charge in [-0.2, -0.15) is 5.26 Å². The van der Waals surface area contributed by atoms with Crippen molar-refractivity contribution in [3.63, 3.8) is 0 Å². The van der Waals surface area contributed by atoms with Crippen molar-refractivity contribution in [3.05, 3.63) is 48.0 Å². The second-order valence-corrected chi connectivity index (χ2v) is 4.70. The number of carbonyl (C=O) groups excluding carboxylic acids is 1. The highest BCUT2D eigenvalue weighted by Gasteiger charge is 2.06. The van der Waals surface area contributed by atoms with Gasteiger partial charge in [0.2, 0.25) is 5.91 Å². The minimum Gasteiger partial charge on any atom is -0.497 e. The van der Waals surface area contributed by atoms with Crippen molar-refractivity contribution < 1.29 is 14.3 Å². The van der Waals surface area contributed by atoms with Crippen LogP contribution in [0.25, 0.3) is 0 Å². The van der Waals surface area contributed by atoms with E-state index in [-0.39, 0.29) is 12.5 Å². The third-order valence-electron chi connectivity index (χ3n) is 3.08. The zero-order chi connectivity index (χ0) is 16.7. The zero-order valence-corrected chi connectivity index (χ0v) is 12.9. The molecule has 6 nitrogen and oxygen atoms in total. The summed E-state index contributed by atoms with van der Waals surface area (Å²) >= 11 is 0. The van der Waals surface area contributed by atoms with E-state index in [0.717, 1.165) is 0 Å². The van der Waals surface area contributed by atoms with Crippen LogP contribution in [0.1, 0.15) is 5.56 Å². The van der Waals surface area contributed by atoms with Gasteiger partial charge in [0, 0.05) is 29.6 Å². The second-order valence-electron chi connectivity index (χ2n) is 4.70. The highest BCUT2D eigenvalue weighted by atomic mass is 16.5. The number of carbonyl (C=O) groups is 1. The minimum atomic E-state index is -0.220. The number of benzene rings is 2. The number of ether oxygens (including phenoxy) is 2. The molecular formula is C17H17N3O3. The Hall–Kier alpha value is -3.20. The van der Waals surface area contributed by atoms with Crippen LogP contribution in [-0.4, -0.2) is 26.7 Å². The number of methoxy groups -OCH3 is 2. The highest BCUT2D eigenvalue weighted by molar-refractivity contribution is 5.94. The molecule has 6 heteroatoms. The van der Waals surface area contributed by atoms with Gasteiger partial charge in [0.1, 0.15) is 11.5 Å². The SMILES string of the molecule is COc1cc(NC(=O)CNc2cccc(C#N)c2)cc(OC)c1. The minimum absolute atomic E-state index is 0.0778. The molecule has 23 heavy (non-hydrogen) atoms. The van der Waals surface area contributed by atoms with Crippen LogP contribution in [0.4, 0.5) is 11.4 Å². The predicted octanol–water partition coefficient (Wildman–Crippen LogP) is 2.63. The van der Waals surface area contributed by atoms with Crippen molar-refractivity contribution >= 4 is 17.3 Å². The first kappa shape index (κ1) is 16.2. The van der Waals surface area contributed by atoms with E-state index in [1.54, 1.807) is 56.7 Å². The van der Waals surface area contributed by atoms with Crippen molar-refractivity contribution in [1.82, 2.24) is 0 Å². The van der Waals surface area contributed by atoms with Crippen LogP contribution >= 0.6 is 0 Å². The highest BCUT2D eigenvalue weighted by Crippen LogP contribution is 2.25. The fourth-order valence-corrected chi connectivity index (χ4v) is 1.97. The van der Waals surface area contributed by atoms with Gasteiger partial charge in [-0.3, -0.25) is 4.79 Å². The lowest BCUT2D eigenvalue weighted by Gasteiger charge is -2.11. The molecule has 0 aromatic heterocycles. The van der Waals surface area contributed by atoms with Crippen molar-refractivity contribution in [2.45, 2.75) is 0 Å². The molecule has 0 radical (unpaired) electrons. The molecule has 2 N–H and O–H groups in total. The fourth-order valence-electron chi connectivity index (χ4n) is 1.97. The van der Waals surface area contributed by atoms with Crippen LogP contribution in [0.2, 0.25) is 0 Å². The first-order valence-electron chi connectivity index (χ1n) is 6.91. The Kier molecular flexibility index (Phi) is 5.42. The Morgan fingerprint density at radius 2 is 1.78 bits per heavy atom. The summed E-state index contributed by atoms with van der Waals surface area (Å²) < 4.78 is 10.3. The van der Waals surface area contributed by atoms with Gasteiger partial charge in [-0.25, -0.2) is 0 Å². The van der Waals surface area contributed by atoms with Gasteiger partial charge in [-0.1, -0.05) is 6.07 Å². The van der Waals surface area contributed by atoms with E-state index in [9.17, 15) is 4.79 Å². The number of amides is 1. The molecule has 2 aromatic carbocycles. The second kappa shape index (κ2) is 7.71. The molecule has 0 aliphatic carbocycles. The Morgan fingerprint density at radius 1 is 1.09 bits per heavy atom. The Bertz CT molecular complexity index is 716. The van der Waals surface area contributed by atoms with Crippen molar-refractivity contribution in [2.24, 2.45) is 0 Å². The van der Waals surface area contributed by atoms with E-state index >= 15 is 0 Å². The van der Waals surface area contributed by atoms with Gasteiger partial charge in [-0.15, -0.1) is 0 Å². The lowest BCUT2D eigenvalue weighted by molar-refractivity contribution is -0.114. The van der Waals surface area contributed by atoms with Gasteiger partial charge < -0.3 is 20.1 Å². The number of nitriles is 1. The standard InChI is InChI=1S/C17H17N3O3/c1-22-15-7-14(8-16(9-15)23-2)20-17(21)11-19-13-5-3-4-12(6-13)10-18/h3-9,19H,11H2,1-2H3,(H,20,21). The topological polar surface area (TPSA) is 83.4 Å². The van der Waals surface area contributed by atoms with E-state index in [1.807, 2.05) is 0 Å². The Balaban J connectivity index is 1.98. The lowest BCUT2D eigenvalue weighted by Crippen LogP contribution is -2.21. The average Bonchev–Trinajstić information content (AvgIpc) is 2.59. The zero-order valence-electron chi connectivity index (χ0n) is 12.9. The van der Waals surface area contributed by atoms with Crippen molar-refractivity contribution in [1.29, 1.82) is 5.26 Å². The number of nitrogens with zero attached hydrogens (tertiary/aromatic N) is 1. The third kappa shape index (κ3) is 4.64. The van der Waals surface area contributed by atoms with E-state index in [2.05, 4.69) is 16.7 Å². The van der Waals surface area contributed by atoms with Crippen LogP contribution in [-0.2, 0) is 4.79 Å². The Morgan fingerprint density at radius 3 is 2.39 bits per heavy atom. The van der Waals surface area contributed by atoms with E-state index < -0.39 is 0 Å². The first-order chi connectivity index (χ1) is 11.1. The molecule has 0 unspecified atom stereocenters. The third-order valence-corrected chi connectivity index (χ3v) is 3.08. The number of rotatable bonds is 6. The molecule has 2 rings (SSSR count). The molecule has 0 saturated heterocycles.